The van der Waals surface area contributed by atoms with Crippen LogP contribution >= 0.6 is 22.7 Å². The molecule has 0 aliphatic heterocycles. The number of sulfonamides is 1. The number of thiophene rings is 1. The summed E-state index contributed by atoms with van der Waals surface area (Å²) in [5.41, 5.74) is 1.70. The van der Waals surface area contributed by atoms with Gasteiger partial charge in [0.2, 0.25) is 10.0 Å². The van der Waals surface area contributed by atoms with Gasteiger partial charge in [0.05, 0.1) is 16.8 Å². The van der Waals surface area contributed by atoms with E-state index in [9.17, 15) is 13.2 Å². The van der Waals surface area contributed by atoms with Crippen LogP contribution in [0.15, 0.2) is 41.8 Å². The number of rotatable bonds is 5. The molecule has 3 rings (SSSR count). The average Bonchev–Trinajstić information content (AvgIpc) is 3.17. The first-order valence-electron chi connectivity index (χ1n) is 7.22. The first kappa shape index (κ1) is 17.6. The molecule has 0 bridgehead atoms. The number of aromatic nitrogens is 1. The molecule has 0 fully saturated rings. The second-order valence-electron chi connectivity index (χ2n) is 5.32. The molecule has 1 aromatic carbocycles. The smallest absolute Gasteiger partial charge is 0.267 e. The Morgan fingerprint density at radius 1 is 1.12 bits per heavy atom. The lowest BCUT2D eigenvalue weighted by atomic mass is 10.3. The minimum absolute atomic E-state index is 0.235. The van der Waals surface area contributed by atoms with Crippen molar-refractivity contribution < 1.29 is 13.2 Å². The molecule has 130 valence electrons. The Hall–Kier alpha value is -2.23. The van der Waals surface area contributed by atoms with Crippen LogP contribution < -0.4 is 10.0 Å². The third-order valence-electron chi connectivity index (χ3n) is 3.18. The molecular formula is C16H15N3O3S3. The fourth-order valence-electron chi connectivity index (χ4n) is 2.14. The summed E-state index contributed by atoms with van der Waals surface area (Å²) >= 11 is 2.93. The Labute approximate surface area is 153 Å². The molecule has 2 N–H and O–H groups in total. The van der Waals surface area contributed by atoms with E-state index in [0.717, 1.165) is 16.1 Å². The highest BCUT2D eigenvalue weighted by Gasteiger charge is 2.17. The van der Waals surface area contributed by atoms with Crippen molar-refractivity contribution in [1.82, 2.24) is 4.98 Å². The summed E-state index contributed by atoms with van der Waals surface area (Å²) in [5, 5.41) is 5.60. The number of carbonyl (C=O) groups is 1. The molecule has 0 unspecified atom stereocenters. The largest absolute Gasteiger partial charge is 0.321 e. The van der Waals surface area contributed by atoms with Crippen LogP contribution in [0, 0.1) is 6.92 Å². The van der Waals surface area contributed by atoms with Crippen molar-refractivity contribution in [3.63, 3.8) is 0 Å². The molecule has 0 spiro atoms. The lowest BCUT2D eigenvalue weighted by Crippen LogP contribution is -2.12. The van der Waals surface area contributed by atoms with E-state index < -0.39 is 10.0 Å². The fraction of sp³-hybridized carbons (Fsp3) is 0.125. The maximum atomic E-state index is 12.5. The monoisotopic (exact) mass is 393 g/mol. The number of carbonyl (C=O) groups excluding carboxylic acids is 1. The zero-order chi connectivity index (χ0) is 18.0. The number of thiazole rings is 1. The molecule has 0 aliphatic rings. The van der Waals surface area contributed by atoms with Crippen LogP contribution in [0.1, 0.15) is 15.4 Å². The summed E-state index contributed by atoms with van der Waals surface area (Å²) in [6.45, 7) is 1.81. The van der Waals surface area contributed by atoms with Gasteiger partial charge in [-0.25, -0.2) is 13.4 Å². The molecule has 3 aromatic rings. The molecular weight excluding hydrogens is 378 g/mol. The molecule has 0 radical (unpaired) electrons. The molecule has 0 aliphatic carbocycles. The Kier molecular flexibility index (Phi) is 4.89. The highest BCUT2D eigenvalue weighted by atomic mass is 32.2. The maximum Gasteiger partial charge on any atom is 0.267 e. The van der Waals surface area contributed by atoms with Crippen LogP contribution in [0.2, 0.25) is 0 Å². The summed E-state index contributed by atoms with van der Waals surface area (Å²) in [6.07, 6.45) is 1.08. The number of hydrogen-bond donors (Lipinski definition) is 2. The quantitative estimate of drug-likeness (QED) is 0.690. The van der Waals surface area contributed by atoms with Crippen LogP contribution in [0.25, 0.3) is 9.88 Å². The normalized spacial score (nSPS) is 11.3. The number of benzene rings is 1. The predicted octanol–water partition coefficient (Wildman–Crippen LogP) is 3.80. The molecule has 0 atom stereocenters. The lowest BCUT2D eigenvalue weighted by Gasteiger charge is -2.07. The van der Waals surface area contributed by atoms with E-state index in [-0.39, 0.29) is 5.91 Å². The molecule has 6 nitrogen and oxygen atoms in total. The van der Waals surface area contributed by atoms with Crippen molar-refractivity contribution in [2.24, 2.45) is 0 Å². The second kappa shape index (κ2) is 6.95. The summed E-state index contributed by atoms with van der Waals surface area (Å²) < 4.78 is 24.8. The lowest BCUT2D eigenvalue weighted by molar-refractivity contribution is 0.103. The van der Waals surface area contributed by atoms with Gasteiger partial charge in [-0.15, -0.1) is 22.7 Å². The summed E-state index contributed by atoms with van der Waals surface area (Å²) in [6, 6.07) is 10.4. The van der Waals surface area contributed by atoms with Crippen molar-refractivity contribution in [3.8, 4) is 9.88 Å². The highest BCUT2D eigenvalue weighted by molar-refractivity contribution is 7.92. The fourth-order valence-corrected chi connectivity index (χ4v) is 4.46. The SMILES string of the molecule is Cc1nc(-c2cccs2)sc1C(=O)Nc1ccc(NS(C)(=O)=O)cc1. The summed E-state index contributed by atoms with van der Waals surface area (Å²) in [7, 11) is -3.32. The third kappa shape index (κ3) is 4.44. The Morgan fingerprint density at radius 2 is 1.80 bits per heavy atom. The van der Waals surface area contributed by atoms with Gasteiger partial charge in [0.25, 0.3) is 5.91 Å². The van der Waals surface area contributed by atoms with Gasteiger partial charge >= 0.3 is 0 Å². The van der Waals surface area contributed by atoms with E-state index in [2.05, 4.69) is 15.0 Å². The van der Waals surface area contributed by atoms with Crippen molar-refractivity contribution >= 4 is 50.0 Å². The first-order chi connectivity index (χ1) is 11.8. The number of anilines is 2. The number of hydrogen-bond acceptors (Lipinski definition) is 6. The number of amides is 1. The van der Waals surface area contributed by atoms with Gasteiger partial charge in [-0.1, -0.05) is 6.07 Å². The van der Waals surface area contributed by atoms with Crippen molar-refractivity contribution in [3.05, 3.63) is 52.3 Å². The van der Waals surface area contributed by atoms with Crippen molar-refractivity contribution in [2.75, 3.05) is 16.3 Å². The summed E-state index contributed by atoms with van der Waals surface area (Å²) in [4.78, 5) is 18.5. The third-order valence-corrected chi connectivity index (χ3v) is 5.98. The molecule has 0 saturated carbocycles. The zero-order valence-corrected chi connectivity index (χ0v) is 15.9. The van der Waals surface area contributed by atoms with E-state index in [0.29, 0.717) is 21.9 Å². The van der Waals surface area contributed by atoms with E-state index in [1.807, 2.05) is 24.4 Å². The number of nitrogens with one attached hydrogen (secondary N) is 2. The Bertz CT molecular complexity index is 991. The minimum Gasteiger partial charge on any atom is -0.321 e. The highest BCUT2D eigenvalue weighted by Crippen LogP contribution is 2.31. The number of nitrogens with zero attached hydrogens (tertiary/aromatic N) is 1. The molecule has 9 heteroatoms. The van der Waals surface area contributed by atoms with Crippen molar-refractivity contribution in [2.45, 2.75) is 6.92 Å². The van der Waals surface area contributed by atoms with Crippen LogP contribution in [0.3, 0.4) is 0 Å². The van der Waals surface area contributed by atoms with Crippen LogP contribution in [0.5, 0.6) is 0 Å². The number of aryl methyl sites for hydroxylation is 1. The van der Waals surface area contributed by atoms with E-state index in [4.69, 9.17) is 0 Å². The topological polar surface area (TPSA) is 88.2 Å². The molecule has 0 saturated heterocycles. The van der Waals surface area contributed by atoms with E-state index in [1.165, 1.54) is 11.3 Å². The van der Waals surface area contributed by atoms with Gasteiger partial charge in [-0.05, 0) is 42.6 Å². The van der Waals surface area contributed by atoms with Gasteiger partial charge < -0.3 is 5.32 Å². The maximum absolute atomic E-state index is 12.5. The van der Waals surface area contributed by atoms with Gasteiger partial charge in [-0.3, -0.25) is 9.52 Å². The summed E-state index contributed by atoms with van der Waals surface area (Å²) in [5.74, 6) is -0.235. The average molecular weight is 394 g/mol. The molecule has 2 aromatic heterocycles. The van der Waals surface area contributed by atoms with Gasteiger partial charge in [-0.2, -0.15) is 0 Å². The second-order valence-corrected chi connectivity index (χ2v) is 9.01. The minimum atomic E-state index is -3.32. The van der Waals surface area contributed by atoms with Gasteiger partial charge in [0, 0.05) is 11.4 Å². The molecule has 1 amide bonds. The van der Waals surface area contributed by atoms with Crippen LogP contribution in [0.4, 0.5) is 11.4 Å². The van der Waals surface area contributed by atoms with Crippen LogP contribution in [-0.2, 0) is 10.0 Å². The Morgan fingerprint density at radius 3 is 2.40 bits per heavy atom. The zero-order valence-electron chi connectivity index (χ0n) is 13.4. The first-order valence-corrected chi connectivity index (χ1v) is 10.8. The Balaban J connectivity index is 1.74. The van der Waals surface area contributed by atoms with Gasteiger partial charge in [0.1, 0.15) is 9.88 Å². The van der Waals surface area contributed by atoms with E-state index in [1.54, 1.807) is 35.6 Å². The van der Waals surface area contributed by atoms with Gasteiger partial charge in [0.15, 0.2) is 0 Å². The molecule has 25 heavy (non-hydrogen) atoms. The van der Waals surface area contributed by atoms with E-state index >= 15 is 0 Å². The van der Waals surface area contributed by atoms with Crippen molar-refractivity contribution in [1.29, 1.82) is 0 Å². The predicted molar refractivity (Wildman–Crippen MR) is 103 cm³/mol. The molecule has 2 heterocycles. The standard InChI is InChI=1S/C16H15N3O3S3/c1-10-14(24-16(17-10)13-4-3-9-23-13)15(20)18-11-5-7-12(8-6-11)19-25(2,21)22/h3-9,19H,1-2H3,(H,18,20). The van der Waals surface area contributed by atoms with Crippen LogP contribution in [-0.4, -0.2) is 25.6 Å².